The van der Waals surface area contributed by atoms with E-state index in [0.29, 0.717) is 12.2 Å². The number of rotatable bonds is 3. The molecule has 2 heterocycles. The van der Waals surface area contributed by atoms with Gasteiger partial charge in [0.1, 0.15) is 5.69 Å². The standard InChI is InChI=1S/C12H12N4O/c1-9-6-15-11(8-14-9)12(17)16-7-10-4-2-3-5-13-10/h2-6,8H,7H2,1H3,(H,16,17). The lowest BCUT2D eigenvalue weighted by molar-refractivity contribution is 0.0945. The van der Waals surface area contributed by atoms with E-state index in [4.69, 9.17) is 0 Å². The summed E-state index contributed by atoms with van der Waals surface area (Å²) in [7, 11) is 0. The fraction of sp³-hybridized carbons (Fsp3) is 0.167. The first-order valence-electron chi connectivity index (χ1n) is 5.22. The topological polar surface area (TPSA) is 67.8 Å². The largest absolute Gasteiger partial charge is 0.345 e. The van der Waals surface area contributed by atoms with Crippen molar-refractivity contribution in [3.63, 3.8) is 0 Å². The van der Waals surface area contributed by atoms with Crippen LogP contribution in [-0.2, 0) is 6.54 Å². The van der Waals surface area contributed by atoms with E-state index in [1.807, 2.05) is 25.1 Å². The van der Waals surface area contributed by atoms with E-state index < -0.39 is 0 Å². The highest BCUT2D eigenvalue weighted by atomic mass is 16.1. The molecular weight excluding hydrogens is 216 g/mol. The second kappa shape index (κ2) is 5.16. The molecule has 0 radical (unpaired) electrons. The van der Waals surface area contributed by atoms with Crippen LogP contribution >= 0.6 is 0 Å². The maximum absolute atomic E-state index is 11.7. The lowest BCUT2D eigenvalue weighted by Crippen LogP contribution is -2.24. The number of pyridine rings is 1. The average Bonchev–Trinajstić information content (AvgIpc) is 2.38. The molecule has 0 fully saturated rings. The lowest BCUT2D eigenvalue weighted by Gasteiger charge is -2.03. The van der Waals surface area contributed by atoms with Crippen LogP contribution in [0.1, 0.15) is 21.9 Å². The first kappa shape index (κ1) is 11.2. The molecular formula is C12H12N4O. The smallest absolute Gasteiger partial charge is 0.271 e. The van der Waals surface area contributed by atoms with Crippen LogP contribution in [0.25, 0.3) is 0 Å². The zero-order chi connectivity index (χ0) is 12.1. The number of aromatic nitrogens is 3. The van der Waals surface area contributed by atoms with Gasteiger partial charge < -0.3 is 5.32 Å². The van der Waals surface area contributed by atoms with E-state index in [1.165, 1.54) is 6.20 Å². The molecule has 0 aliphatic carbocycles. The summed E-state index contributed by atoms with van der Waals surface area (Å²) in [5, 5.41) is 2.73. The zero-order valence-corrected chi connectivity index (χ0v) is 9.42. The van der Waals surface area contributed by atoms with Gasteiger partial charge in [0.2, 0.25) is 0 Å². The fourth-order valence-corrected chi connectivity index (χ4v) is 1.27. The molecule has 5 heteroatoms. The summed E-state index contributed by atoms with van der Waals surface area (Å²) in [5.74, 6) is -0.247. The third-order valence-electron chi connectivity index (χ3n) is 2.17. The van der Waals surface area contributed by atoms with Crippen LogP contribution < -0.4 is 5.32 Å². The van der Waals surface area contributed by atoms with E-state index in [-0.39, 0.29) is 5.91 Å². The Morgan fingerprint density at radius 2 is 2.12 bits per heavy atom. The van der Waals surface area contributed by atoms with Crippen LogP contribution in [-0.4, -0.2) is 20.9 Å². The third kappa shape index (κ3) is 3.07. The van der Waals surface area contributed by atoms with Crippen molar-refractivity contribution >= 4 is 5.91 Å². The van der Waals surface area contributed by atoms with Gasteiger partial charge in [-0.15, -0.1) is 0 Å². The Kier molecular flexibility index (Phi) is 3.40. The Bertz CT molecular complexity index is 496. The monoisotopic (exact) mass is 228 g/mol. The molecule has 2 aromatic heterocycles. The van der Waals surface area contributed by atoms with Crippen molar-refractivity contribution in [2.45, 2.75) is 13.5 Å². The minimum Gasteiger partial charge on any atom is -0.345 e. The van der Waals surface area contributed by atoms with Gasteiger partial charge in [-0.05, 0) is 19.1 Å². The van der Waals surface area contributed by atoms with Gasteiger partial charge in [-0.2, -0.15) is 0 Å². The summed E-state index contributed by atoms with van der Waals surface area (Å²) < 4.78 is 0. The quantitative estimate of drug-likeness (QED) is 0.854. The van der Waals surface area contributed by atoms with Gasteiger partial charge in [0, 0.05) is 12.4 Å². The Labute approximate surface area is 99.0 Å². The van der Waals surface area contributed by atoms with Gasteiger partial charge >= 0.3 is 0 Å². The summed E-state index contributed by atoms with van der Waals surface area (Å²) >= 11 is 0. The average molecular weight is 228 g/mol. The molecule has 0 atom stereocenters. The van der Waals surface area contributed by atoms with Crippen LogP contribution in [0.4, 0.5) is 0 Å². The highest BCUT2D eigenvalue weighted by Gasteiger charge is 2.06. The molecule has 0 spiro atoms. The van der Waals surface area contributed by atoms with Gasteiger partial charge in [0.25, 0.3) is 5.91 Å². The molecule has 0 unspecified atom stereocenters. The minimum absolute atomic E-state index is 0.247. The molecule has 1 N–H and O–H groups in total. The molecule has 2 rings (SSSR count). The Balaban J connectivity index is 1.96. The van der Waals surface area contributed by atoms with Gasteiger partial charge in [-0.3, -0.25) is 14.8 Å². The Morgan fingerprint density at radius 1 is 1.24 bits per heavy atom. The van der Waals surface area contributed by atoms with Gasteiger partial charge in [0.05, 0.1) is 24.1 Å². The Morgan fingerprint density at radius 3 is 2.76 bits per heavy atom. The summed E-state index contributed by atoms with van der Waals surface area (Å²) in [6, 6.07) is 5.55. The predicted octanol–water partition coefficient (Wildman–Crippen LogP) is 1.11. The summed E-state index contributed by atoms with van der Waals surface area (Å²) in [6.07, 6.45) is 4.71. The van der Waals surface area contributed by atoms with Gasteiger partial charge in [0.15, 0.2) is 0 Å². The fourth-order valence-electron chi connectivity index (χ4n) is 1.27. The van der Waals surface area contributed by atoms with Crippen molar-refractivity contribution in [1.29, 1.82) is 0 Å². The maximum Gasteiger partial charge on any atom is 0.271 e. The number of hydrogen-bond acceptors (Lipinski definition) is 4. The SMILES string of the molecule is Cc1cnc(C(=O)NCc2ccccn2)cn1. The molecule has 0 aromatic carbocycles. The number of carbonyl (C=O) groups excluding carboxylic acids is 1. The van der Waals surface area contributed by atoms with Crippen LogP contribution in [0.2, 0.25) is 0 Å². The Hall–Kier alpha value is -2.30. The third-order valence-corrected chi connectivity index (χ3v) is 2.17. The van der Waals surface area contributed by atoms with Crippen LogP contribution in [0.15, 0.2) is 36.8 Å². The van der Waals surface area contributed by atoms with E-state index in [2.05, 4.69) is 20.3 Å². The lowest BCUT2D eigenvalue weighted by atomic mass is 10.3. The van der Waals surface area contributed by atoms with E-state index in [0.717, 1.165) is 11.4 Å². The first-order chi connectivity index (χ1) is 8.25. The minimum atomic E-state index is -0.247. The molecule has 1 amide bonds. The maximum atomic E-state index is 11.7. The molecule has 5 nitrogen and oxygen atoms in total. The summed E-state index contributed by atoms with van der Waals surface area (Å²) in [5.41, 5.74) is 1.90. The molecule has 2 aromatic rings. The van der Waals surface area contributed by atoms with Crippen LogP contribution in [0, 0.1) is 6.92 Å². The van der Waals surface area contributed by atoms with E-state index in [1.54, 1.807) is 12.4 Å². The van der Waals surface area contributed by atoms with Crippen LogP contribution in [0.3, 0.4) is 0 Å². The highest BCUT2D eigenvalue weighted by molar-refractivity contribution is 5.91. The molecule has 0 bridgehead atoms. The van der Waals surface area contributed by atoms with E-state index in [9.17, 15) is 4.79 Å². The second-order valence-electron chi connectivity index (χ2n) is 3.55. The number of aryl methyl sites for hydroxylation is 1. The van der Waals surface area contributed by atoms with Crippen molar-refractivity contribution < 1.29 is 4.79 Å². The number of amides is 1. The molecule has 0 saturated carbocycles. The van der Waals surface area contributed by atoms with Crippen molar-refractivity contribution in [1.82, 2.24) is 20.3 Å². The number of hydrogen-bond donors (Lipinski definition) is 1. The summed E-state index contributed by atoms with van der Waals surface area (Å²) in [4.78, 5) is 23.8. The highest BCUT2D eigenvalue weighted by Crippen LogP contribution is 1.96. The second-order valence-corrected chi connectivity index (χ2v) is 3.55. The summed E-state index contributed by atoms with van der Waals surface area (Å²) in [6.45, 7) is 2.21. The molecule has 0 saturated heterocycles. The molecule has 0 aliphatic heterocycles. The van der Waals surface area contributed by atoms with Crippen molar-refractivity contribution in [2.24, 2.45) is 0 Å². The van der Waals surface area contributed by atoms with Crippen molar-refractivity contribution in [3.8, 4) is 0 Å². The van der Waals surface area contributed by atoms with E-state index >= 15 is 0 Å². The van der Waals surface area contributed by atoms with Crippen molar-refractivity contribution in [3.05, 3.63) is 53.9 Å². The predicted molar refractivity (Wildman–Crippen MR) is 62.2 cm³/mol. The van der Waals surface area contributed by atoms with Crippen LogP contribution in [0.5, 0.6) is 0 Å². The number of nitrogens with one attached hydrogen (secondary N) is 1. The van der Waals surface area contributed by atoms with Gasteiger partial charge in [-0.25, -0.2) is 4.98 Å². The molecule has 0 aliphatic rings. The van der Waals surface area contributed by atoms with Crippen molar-refractivity contribution in [2.75, 3.05) is 0 Å². The zero-order valence-electron chi connectivity index (χ0n) is 9.42. The molecule has 86 valence electrons. The number of carbonyl (C=O) groups is 1. The molecule has 17 heavy (non-hydrogen) atoms. The number of nitrogens with zero attached hydrogens (tertiary/aromatic N) is 3. The first-order valence-corrected chi connectivity index (χ1v) is 5.22. The normalized spacial score (nSPS) is 9.94. The van der Waals surface area contributed by atoms with Gasteiger partial charge in [-0.1, -0.05) is 6.07 Å².